The summed E-state index contributed by atoms with van der Waals surface area (Å²) in [6.07, 6.45) is 0.657. The van der Waals surface area contributed by atoms with E-state index in [1.54, 1.807) is 11.3 Å². The maximum atomic E-state index is 9.59. The number of thiophene rings is 1. The molecule has 2 N–H and O–H groups in total. The molecule has 1 heterocycles. The van der Waals surface area contributed by atoms with E-state index >= 15 is 0 Å². The van der Waals surface area contributed by atoms with Gasteiger partial charge < -0.3 is 10.4 Å². The zero-order chi connectivity index (χ0) is 10.4. The van der Waals surface area contributed by atoms with Gasteiger partial charge in [0.2, 0.25) is 0 Å². The molecule has 15 heavy (non-hydrogen) atoms. The molecule has 0 aliphatic heterocycles. The van der Waals surface area contributed by atoms with Crippen LogP contribution in [-0.4, -0.2) is 17.8 Å². The fraction of sp³-hybridized carbons (Fsp3) is 0.636. The Morgan fingerprint density at radius 1 is 1.47 bits per heavy atom. The predicted molar refractivity (Wildman–Crippen MR) is 68.7 cm³/mol. The van der Waals surface area contributed by atoms with Crippen LogP contribution in [-0.2, 0) is 6.54 Å². The van der Waals surface area contributed by atoms with Crippen LogP contribution in [0.5, 0.6) is 0 Å². The molecule has 0 radical (unpaired) electrons. The number of aliphatic hydroxyl groups excluding tert-OH is 1. The number of nitrogens with one attached hydrogen (secondary N) is 1. The van der Waals surface area contributed by atoms with E-state index in [0.717, 1.165) is 13.0 Å². The molecule has 2 nitrogen and oxygen atoms in total. The molecule has 0 bridgehead atoms. The van der Waals surface area contributed by atoms with Gasteiger partial charge in [-0.05, 0) is 34.7 Å². The summed E-state index contributed by atoms with van der Waals surface area (Å²) in [5.41, 5.74) is 1.30. The van der Waals surface area contributed by atoms with Crippen LogP contribution in [0.3, 0.4) is 0 Å². The zero-order valence-electron chi connectivity index (χ0n) is 9.27. The molecule has 1 atom stereocenters. The van der Waals surface area contributed by atoms with Gasteiger partial charge in [0.05, 0.1) is 6.10 Å². The average molecular weight is 250 g/mol. The van der Waals surface area contributed by atoms with Crippen LogP contribution in [0.1, 0.15) is 25.8 Å². The normalized spacial score (nSPS) is 12.5. The maximum absolute atomic E-state index is 9.59. The maximum Gasteiger partial charge on any atom is 0.0667 e. The van der Waals surface area contributed by atoms with Crippen molar-refractivity contribution in [1.29, 1.82) is 0 Å². The van der Waals surface area contributed by atoms with Crippen LogP contribution in [0.25, 0.3) is 0 Å². The van der Waals surface area contributed by atoms with Gasteiger partial charge in [0, 0.05) is 13.1 Å². The summed E-state index contributed by atoms with van der Waals surface area (Å²) in [6, 6.07) is 2.10. The highest BCUT2D eigenvalue weighted by Crippen LogP contribution is 2.06. The van der Waals surface area contributed by atoms with Gasteiger partial charge in [-0.15, -0.1) is 12.4 Å². The van der Waals surface area contributed by atoms with Crippen LogP contribution in [0, 0.1) is 5.92 Å². The van der Waals surface area contributed by atoms with E-state index < -0.39 is 0 Å². The Morgan fingerprint density at radius 3 is 2.73 bits per heavy atom. The van der Waals surface area contributed by atoms with Crippen molar-refractivity contribution >= 4 is 23.7 Å². The van der Waals surface area contributed by atoms with Gasteiger partial charge in [0.1, 0.15) is 0 Å². The summed E-state index contributed by atoms with van der Waals surface area (Å²) >= 11 is 1.71. The quantitative estimate of drug-likeness (QED) is 0.813. The first-order chi connectivity index (χ1) is 6.68. The lowest BCUT2D eigenvalue weighted by Crippen LogP contribution is -2.27. The number of hydrogen-bond acceptors (Lipinski definition) is 3. The van der Waals surface area contributed by atoms with Gasteiger partial charge in [0.25, 0.3) is 0 Å². The van der Waals surface area contributed by atoms with Gasteiger partial charge in [-0.1, -0.05) is 13.8 Å². The zero-order valence-corrected chi connectivity index (χ0v) is 10.9. The third kappa shape index (κ3) is 6.90. The van der Waals surface area contributed by atoms with Crippen molar-refractivity contribution in [2.75, 3.05) is 6.54 Å². The molecule has 88 valence electrons. The van der Waals surface area contributed by atoms with Gasteiger partial charge in [-0.25, -0.2) is 0 Å². The molecule has 0 amide bonds. The molecule has 1 aromatic rings. The fourth-order valence-corrected chi connectivity index (χ4v) is 2.07. The molecule has 1 unspecified atom stereocenters. The first-order valence-corrected chi connectivity index (χ1v) is 6.02. The van der Waals surface area contributed by atoms with Crippen molar-refractivity contribution < 1.29 is 5.11 Å². The lowest BCUT2D eigenvalue weighted by atomic mass is 10.1. The highest BCUT2D eigenvalue weighted by atomic mass is 35.5. The third-order valence-corrected chi connectivity index (χ3v) is 2.76. The second-order valence-corrected chi connectivity index (χ2v) is 4.83. The van der Waals surface area contributed by atoms with E-state index in [0.29, 0.717) is 12.5 Å². The third-order valence-electron chi connectivity index (χ3n) is 2.03. The average Bonchev–Trinajstić information content (AvgIpc) is 2.55. The van der Waals surface area contributed by atoms with Crippen LogP contribution in [0.15, 0.2) is 16.8 Å². The highest BCUT2D eigenvalue weighted by molar-refractivity contribution is 7.07. The predicted octanol–water partition coefficient (Wildman–Crippen LogP) is 2.67. The summed E-state index contributed by atoms with van der Waals surface area (Å²) < 4.78 is 0. The van der Waals surface area contributed by atoms with E-state index in [1.807, 2.05) is 0 Å². The Kier molecular flexibility index (Phi) is 8.06. The van der Waals surface area contributed by atoms with E-state index in [-0.39, 0.29) is 18.5 Å². The molecule has 0 aromatic carbocycles. The van der Waals surface area contributed by atoms with Crippen LogP contribution < -0.4 is 5.32 Å². The monoisotopic (exact) mass is 249 g/mol. The van der Waals surface area contributed by atoms with Crippen LogP contribution >= 0.6 is 23.7 Å². The van der Waals surface area contributed by atoms with Crippen molar-refractivity contribution in [2.24, 2.45) is 5.92 Å². The van der Waals surface area contributed by atoms with Crippen LogP contribution in [0.2, 0.25) is 0 Å². The first kappa shape index (κ1) is 14.9. The smallest absolute Gasteiger partial charge is 0.0667 e. The molecular weight excluding hydrogens is 230 g/mol. The van der Waals surface area contributed by atoms with E-state index in [1.165, 1.54) is 5.56 Å². The minimum atomic E-state index is -0.214. The molecule has 0 saturated carbocycles. The minimum absolute atomic E-state index is 0. The van der Waals surface area contributed by atoms with Gasteiger partial charge in [-0.3, -0.25) is 0 Å². The first-order valence-electron chi connectivity index (χ1n) is 5.08. The second kappa shape index (κ2) is 8.11. The molecule has 0 aliphatic carbocycles. The number of hydrogen-bond donors (Lipinski definition) is 2. The lowest BCUT2D eigenvalue weighted by Gasteiger charge is -2.13. The largest absolute Gasteiger partial charge is 0.392 e. The standard InChI is InChI=1S/C11H19NOS.ClH/c1-9(2)5-11(13)7-12-6-10-3-4-14-8-10;/h3-4,8-9,11-13H,5-7H2,1-2H3;1H. The van der Waals surface area contributed by atoms with Crippen molar-refractivity contribution in [1.82, 2.24) is 5.32 Å². The molecule has 1 rings (SSSR count). The Hall–Kier alpha value is -0.0900. The SMILES string of the molecule is CC(C)CC(O)CNCc1ccsc1.Cl. The van der Waals surface area contributed by atoms with Gasteiger partial charge in [-0.2, -0.15) is 11.3 Å². The Morgan fingerprint density at radius 2 is 2.20 bits per heavy atom. The molecule has 0 aliphatic rings. The fourth-order valence-electron chi connectivity index (χ4n) is 1.40. The van der Waals surface area contributed by atoms with Crippen molar-refractivity contribution in [3.05, 3.63) is 22.4 Å². The lowest BCUT2D eigenvalue weighted by molar-refractivity contribution is 0.146. The van der Waals surface area contributed by atoms with E-state index in [9.17, 15) is 5.11 Å². The topological polar surface area (TPSA) is 32.3 Å². The number of halogens is 1. The summed E-state index contributed by atoms with van der Waals surface area (Å²) in [7, 11) is 0. The van der Waals surface area contributed by atoms with Crippen molar-refractivity contribution in [2.45, 2.75) is 32.9 Å². The summed E-state index contributed by atoms with van der Waals surface area (Å²) in [5.74, 6) is 0.563. The Balaban J connectivity index is 0.00000196. The molecule has 0 spiro atoms. The molecule has 1 aromatic heterocycles. The van der Waals surface area contributed by atoms with Gasteiger partial charge in [0.15, 0.2) is 0 Å². The Bertz CT molecular complexity index is 239. The Labute approximate surface area is 102 Å². The molecule has 4 heteroatoms. The van der Waals surface area contributed by atoms with E-state index in [2.05, 4.69) is 36.0 Å². The summed E-state index contributed by atoms with van der Waals surface area (Å²) in [4.78, 5) is 0. The van der Waals surface area contributed by atoms with Crippen molar-refractivity contribution in [3.8, 4) is 0 Å². The summed E-state index contributed by atoms with van der Waals surface area (Å²) in [6.45, 7) is 5.80. The second-order valence-electron chi connectivity index (χ2n) is 4.05. The van der Waals surface area contributed by atoms with Crippen LogP contribution in [0.4, 0.5) is 0 Å². The highest BCUT2D eigenvalue weighted by Gasteiger charge is 2.05. The molecular formula is C11H20ClNOS. The number of aliphatic hydroxyl groups is 1. The molecule has 0 fully saturated rings. The number of rotatable bonds is 6. The van der Waals surface area contributed by atoms with Crippen molar-refractivity contribution in [3.63, 3.8) is 0 Å². The molecule has 0 saturated heterocycles. The van der Waals surface area contributed by atoms with E-state index in [4.69, 9.17) is 0 Å². The summed E-state index contributed by atoms with van der Waals surface area (Å²) in [5, 5.41) is 17.0. The van der Waals surface area contributed by atoms with Gasteiger partial charge >= 0.3 is 0 Å². The minimum Gasteiger partial charge on any atom is -0.392 e.